The first-order chi connectivity index (χ1) is 20.8. The number of hydrogen-bond acceptors (Lipinski definition) is 6. The Hall–Kier alpha value is -4.85. The summed E-state index contributed by atoms with van der Waals surface area (Å²) in [4.78, 5) is 42.5. The third kappa shape index (κ3) is 6.11. The van der Waals surface area contributed by atoms with Crippen molar-refractivity contribution in [3.05, 3.63) is 94.0 Å². The number of carboxylic acid groups (broad SMARTS) is 1. The lowest BCUT2D eigenvalue weighted by Crippen LogP contribution is -2.53. The predicted octanol–water partition coefficient (Wildman–Crippen LogP) is 4.07. The number of aryl methyl sites for hydroxylation is 1. The monoisotopic (exact) mass is 616 g/mol. The number of carboxylic acids is 1. The number of aromatic nitrogens is 2. The predicted molar refractivity (Wildman–Crippen MR) is 149 cm³/mol. The molecular formula is C30H25F5N4O5. The fraction of sp³-hybridized carbons (Fsp3) is 0.267. The van der Waals surface area contributed by atoms with E-state index in [2.05, 4.69) is 10.3 Å². The molecule has 44 heavy (non-hydrogen) atoms. The highest BCUT2D eigenvalue weighted by Gasteiger charge is 2.46. The molecule has 0 unspecified atom stereocenters. The van der Waals surface area contributed by atoms with Crippen molar-refractivity contribution < 1.29 is 41.4 Å². The van der Waals surface area contributed by atoms with E-state index < -0.39 is 59.6 Å². The first-order valence-corrected chi connectivity index (χ1v) is 13.3. The van der Waals surface area contributed by atoms with Crippen LogP contribution in [0.25, 0.3) is 22.0 Å². The average Bonchev–Trinajstić information content (AvgIpc) is 2.98. The Morgan fingerprint density at radius 2 is 1.80 bits per heavy atom. The van der Waals surface area contributed by atoms with Crippen molar-refractivity contribution >= 4 is 28.5 Å². The average molecular weight is 617 g/mol. The van der Waals surface area contributed by atoms with Crippen LogP contribution in [0.15, 0.2) is 65.7 Å². The molecular weight excluding hydrogens is 591 g/mol. The third-order valence-corrected chi connectivity index (χ3v) is 7.42. The standard InChI is InChI=1S/C30H25F5N4O5/c1-38-24-6-7-36-14-18(24)11-20(28(38)41)17-4-2-16(3-5-17)10-23(29(42)43)37-27(40)26-21(31)12-19(13-22(26)32)39-8-9-44-15-25(39)30(33,34)35/h2-7,11-14,23,25H,8-10,15H2,1H3,(H,37,40)(H,42,43)/t23-,25+/m0/s1. The highest BCUT2D eigenvalue weighted by molar-refractivity contribution is 5.97. The Balaban J connectivity index is 1.34. The molecule has 1 aliphatic rings. The lowest BCUT2D eigenvalue weighted by atomic mass is 10.00. The van der Waals surface area contributed by atoms with E-state index in [-0.39, 0.29) is 25.1 Å². The topological polar surface area (TPSA) is 114 Å². The summed E-state index contributed by atoms with van der Waals surface area (Å²) in [5, 5.41) is 12.5. The van der Waals surface area contributed by atoms with Crippen LogP contribution < -0.4 is 15.8 Å². The lowest BCUT2D eigenvalue weighted by Gasteiger charge is -2.38. The van der Waals surface area contributed by atoms with E-state index in [0.29, 0.717) is 34.3 Å². The second-order valence-electron chi connectivity index (χ2n) is 10.2. The van der Waals surface area contributed by atoms with E-state index in [0.717, 1.165) is 10.3 Å². The van der Waals surface area contributed by atoms with Gasteiger partial charge in [0.2, 0.25) is 0 Å². The molecule has 5 rings (SSSR count). The number of anilines is 1. The van der Waals surface area contributed by atoms with Gasteiger partial charge in [-0.25, -0.2) is 13.6 Å². The Labute approximate surface area is 246 Å². The van der Waals surface area contributed by atoms with Crippen LogP contribution in [0.2, 0.25) is 0 Å². The molecule has 14 heteroatoms. The quantitative estimate of drug-likeness (QED) is 0.301. The van der Waals surface area contributed by atoms with Crippen molar-refractivity contribution in [1.29, 1.82) is 0 Å². The number of benzene rings is 2. The van der Waals surface area contributed by atoms with Gasteiger partial charge in [0.15, 0.2) is 0 Å². The van der Waals surface area contributed by atoms with Crippen molar-refractivity contribution in [2.75, 3.05) is 24.7 Å². The number of aliphatic carboxylic acids is 1. The summed E-state index contributed by atoms with van der Waals surface area (Å²) in [7, 11) is 1.63. The molecule has 1 fully saturated rings. The van der Waals surface area contributed by atoms with Crippen molar-refractivity contribution in [2.45, 2.75) is 24.7 Å². The number of carbonyl (C=O) groups is 2. The number of morpholine rings is 1. The summed E-state index contributed by atoms with van der Waals surface area (Å²) in [6, 6.07) is 7.17. The summed E-state index contributed by atoms with van der Waals surface area (Å²) >= 11 is 0. The summed E-state index contributed by atoms with van der Waals surface area (Å²) in [6.45, 7) is -1.12. The second-order valence-corrected chi connectivity index (χ2v) is 10.2. The van der Waals surface area contributed by atoms with Crippen LogP contribution in [0.1, 0.15) is 15.9 Å². The normalized spacial score (nSPS) is 16.1. The minimum Gasteiger partial charge on any atom is -0.480 e. The number of nitrogens with one attached hydrogen (secondary N) is 1. The Bertz CT molecular complexity index is 1770. The molecule has 230 valence electrons. The van der Waals surface area contributed by atoms with Crippen molar-refractivity contribution in [1.82, 2.24) is 14.9 Å². The number of carbonyl (C=O) groups excluding carboxylic acids is 1. The van der Waals surface area contributed by atoms with E-state index in [1.54, 1.807) is 55.8 Å². The zero-order valence-corrected chi connectivity index (χ0v) is 23.1. The Morgan fingerprint density at radius 1 is 1.11 bits per heavy atom. The van der Waals surface area contributed by atoms with Gasteiger partial charge in [-0.05, 0) is 35.4 Å². The van der Waals surface area contributed by atoms with Gasteiger partial charge in [-0.2, -0.15) is 13.2 Å². The summed E-state index contributed by atoms with van der Waals surface area (Å²) in [5.74, 6) is -5.79. The summed E-state index contributed by atoms with van der Waals surface area (Å²) < 4.78 is 76.6. The minimum atomic E-state index is -4.74. The first kappa shape index (κ1) is 30.6. The molecule has 0 bridgehead atoms. The largest absolute Gasteiger partial charge is 0.480 e. The van der Waals surface area contributed by atoms with Gasteiger partial charge in [0.1, 0.15) is 29.3 Å². The number of fused-ring (bicyclic) bond motifs is 1. The van der Waals surface area contributed by atoms with E-state index >= 15 is 0 Å². The fourth-order valence-electron chi connectivity index (χ4n) is 5.14. The van der Waals surface area contributed by atoms with Gasteiger partial charge in [-0.15, -0.1) is 0 Å². The number of amides is 1. The van der Waals surface area contributed by atoms with Crippen LogP contribution in [0.4, 0.5) is 27.6 Å². The van der Waals surface area contributed by atoms with Crippen LogP contribution >= 0.6 is 0 Å². The van der Waals surface area contributed by atoms with Gasteiger partial charge in [0, 0.05) is 49.0 Å². The van der Waals surface area contributed by atoms with Crippen LogP contribution in [0.3, 0.4) is 0 Å². The molecule has 1 saturated heterocycles. The molecule has 0 spiro atoms. The molecule has 9 nitrogen and oxygen atoms in total. The molecule has 0 saturated carbocycles. The van der Waals surface area contributed by atoms with Crippen LogP contribution in [0, 0.1) is 11.6 Å². The number of pyridine rings is 2. The molecule has 1 aliphatic heterocycles. The SMILES string of the molecule is Cn1c(=O)c(-c2ccc(C[C@H](NC(=O)c3c(F)cc(N4CCOC[C@@H]4C(F)(F)F)cc3F)C(=O)O)cc2)cc2cnccc21. The zero-order chi connectivity index (χ0) is 31.8. The summed E-state index contributed by atoms with van der Waals surface area (Å²) in [5.41, 5.74) is 0.235. The van der Waals surface area contributed by atoms with Gasteiger partial charge in [0.05, 0.1) is 18.7 Å². The molecule has 0 aliphatic carbocycles. The van der Waals surface area contributed by atoms with Gasteiger partial charge in [-0.3, -0.25) is 14.6 Å². The molecule has 2 N–H and O–H groups in total. The number of hydrogen-bond donors (Lipinski definition) is 2. The van der Waals surface area contributed by atoms with Gasteiger partial charge in [-0.1, -0.05) is 24.3 Å². The molecule has 2 aromatic heterocycles. The van der Waals surface area contributed by atoms with Crippen molar-refractivity contribution in [3.8, 4) is 11.1 Å². The number of nitrogens with zero attached hydrogens (tertiary/aromatic N) is 3. The number of ether oxygens (including phenoxy) is 1. The van der Waals surface area contributed by atoms with Gasteiger partial charge in [0.25, 0.3) is 11.5 Å². The highest BCUT2D eigenvalue weighted by Crippen LogP contribution is 2.32. The van der Waals surface area contributed by atoms with Crippen molar-refractivity contribution in [3.63, 3.8) is 0 Å². The van der Waals surface area contributed by atoms with E-state index in [1.165, 1.54) is 4.57 Å². The molecule has 1 amide bonds. The zero-order valence-electron chi connectivity index (χ0n) is 23.1. The maximum absolute atomic E-state index is 15.0. The number of alkyl halides is 3. The molecule has 2 aromatic carbocycles. The van der Waals surface area contributed by atoms with Crippen molar-refractivity contribution in [2.24, 2.45) is 7.05 Å². The first-order valence-electron chi connectivity index (χ1n) is 13.3. The Kier molecular flexibility index (Phi) is 8.37. The smallest absolute Gasteiger partial charge is 0.411 e. The van der Waals surface area contributed by atoms with Gasteiger partial charge < -0.3 is 24.6 Å². The molecule has 2 atom stereocenters. The third-order valence-electron chi connectivity index (χ3n) is 7.42. The molecule has 3 heterocycles. The second kappa shape index (κ2) is 12.0. The lowest BCUT2D eigenvalue weighted by molar-refractivity contribution is -0.167. The van der Waals surface area contributed by atoms with Crippen LogP contribution in [-0.2, 0) is 23.0 Å². The maximum Gasteiger partial charge on any atom is 0.411 e. The number of rotatable bonds is 7. The summed E-state index contributed by atoms with van der Waals surface area (Å²) in [6.07, 6.45) is -1.82. The van der Waals surface area contributed by atoms with Crippen LogP contribution in [-0.4, -0.2) is 64.6 Å². The maximum atomic E-state index is 15.0. The van der Waals surface area contributed by atoms with E-state index in [1.807, 2.05) is 0 Å². The van der Waals surface area contributed by atoms with Crippen LogP contribution in [0.5, 0.6) is 0 Å². The van der Waals surface area contributed by atoms with Gasteiger partial charge >= 0.3 is 12.1 Å². The number of halogens is 5. The van der Waals surface area contributed by atoms with E-state index in [9.17, 15) is 41.4 Å². The molecule has 0 radical (unpaired) electrons. The molecule has 4 aromatic rings. The highest BCUT2D eigenvalue weighted by atomic mass is 19.4. The minimum absolute atomic E-state index is 0.101. The fourth-order valence-corrected chi connectivity index (χ4v) is 5.14. The van der Waals surface area contributed by atoms with E-state index in [4.69, 9.17) is 4.74 Å². The Morgan fingerprint density at radius 3 is 2.43 bits per heavy atom.